The molecule has 16 nitrogen and oxygen atoms in total. The summed E-state index contributed by atoms with van der Waals surface area (Å²) in [6, 6.07) is 0. The molecule has 0 bridgehead atoms. The number of amides is 2. The first-order valence-electron chi connectivity index (χ1n) is 14.8. The van der Waals surface area contributed by atoms with Gasteiger partial charge in [0.15, 0.2) is 23.0 Å². The molecule has 1 aromatic rings. The minimum atomic E-state index is -0.462. The van der Waals surface area contributed by atoms with Gasteiger partial charge in [-0.25, -0.2) is 9.97 Å². The highest BCUT2D eigenvalue weighted by atomic mass is 16.5. The van der Waals surface area contributed by atoms with Crippen LogP contribution in [-0.2, 0) is 37.9 Å². The number of carbonyl (C=O) groups excluding carboxylic acids is 2. The fourth-order valence-electron chi connectivity index (χ4n) is 3.38. The number of hydrogen-bond acceptors (Lipinski definition) is 14. The molecule has 1 aromatic heterocycles. The Morgan fingerprint density at radius 3 is 1.16 bits per heavy atom. The fourth-order valence-corrected chi connectivity index (χ4v) is 3.38. The Balaban J connectivity index is 3.05. The lowest BCUT2D eigenvalue weighted by Crippen LogP contribution is -2.33. The molecule has 0 spiro atoms. The molecule has 254 valence electrons. The summed E-state index contributed by atoms with van der Waals surface area (Å²) < 4.78 is 41.8. The Bertz CT molecular complexity index is 814. The van der Waals surface area contributed by atoms with Crippen LogP contribution in [0.4, 0.5) is 11.6 Å². The molecule has 0 fully saturated rings. The first kappa shape index (κ1) is 39.3. The van der Waals surface area contributed by atoms with E-state index < -0.39 is 11.8 Å². The third-order valence-electron chi connectivity index (χ3n) is 5.63. The van der Waals surface area contributed by atoms with Gasteiger partial charge in [0.05, 0.1) is 66.1 Å². The number of aromatic nitrogens is 2. The van der Waals surface area contributed by atoms with Crippen LogP contribution in [0.1, 0.15) is 33.8 Å². The summed E-state index contributed by atoms with van der Waals surface area (Å²) in [5.41, 5.74) is 0.0842. The van der Waals surface area contributed by atoms with Gasteiger partial charge in [-0.3, -0.25) is 9.59 Å². The van der Waals surface area contributed by atoms with E-state index in [0.29, 0.717) is 105 Å². The number of nitrogens with one attached hydrogen (secondary N) is 4. The number of rotatable bonds is 30. The predicted molar refractivity (Wildman–Crippen MR) is 164 cm³/mol. The van der Waals surface area contributed by atoms with E-state index >= 15 is 0 Å². The molecule has 2 amide bonds. The van der Waals surface area contributed by atoms with Crippen molar-refractivity contribution in [1.82, 2.24) is 20.6 Å². The molecule has 0 saturated carbocycles. The van der Waals surface area contributed by atoms with Crippen molar-refractivity contribution in [2.24, 2.45) is 0 Å². The van der Waals surface area contributed by atoms with Crippen molar-refractivity contribution in [2.45, 2.75) is 12.8 Å². The summed E-state index contributed by atoms with van der Waals surface area (Å²) in [6.07, 6.45) is 1.26. The predicted octanol–water partition coefficient (Wildman–Crippen LogP) is 0.192. The molecule has 0 aliphatic carbocycles. The minimum Gasteiger partial charge on any atom is -0.382 e. The van der Waals surface area contributed by atoms with Gasteiger partial charge in [-0.05, 0) is 12.8 Å². The first-order valence-corrected chi connectivity index (χ1v) is 14.8. The standard InChI is InChI=1S/C28H52N6O10/c1-37-15-19-41-11-5-7-29-25-23(27(35)31-9-13-43-21-17-39-3)34-26(30-8-6-12-42-20-16-38-2)24(33-25)28(36)32-10-14-44-22-18-40-4/h5-22H2,1-4H3,(H,29,33)(H,30,34)(H,31,35)(H,32,36). The topological polar surface area (TPSA) is 182 Å². The van der Waals surface area contributed by atoms with E-state index in [0.717, 1.165) is 0 Å². The van der Waals surface area contributed by atoms with E-state index in [2.05, 4.69) is 31.2 Å². The van der Waals surface area contributed by atoms with Gasteiger partial charge in [0.1, 0.15) is 0 Å². The Labute approximate surface area is 260 Å². The molecule has 16 heteroatoms. The fraction of sp³-hybridized carbons (Fsp3) is 0.786. The summed E-state index contributed by atoms with van der Waals surface area (Å²) in [4.78, 5) is 35.5. The van der Waals surface area contributed by atoms with Crippen molar-refractivity contribution in [3.05, 3.63) is 11.4 Å². The van der Waals surface area contributed by atoms with Gasteiger partial charge in [0.25, 0.3) is 11.8 Å². The van der Waals surface area contributed by atoms with E-state index in [1.165, 1.54) is 0 Å². The third-order valence-corrected chi connectivity index (χ3v) is 5.63. The van der Waals surface area contributed by atoms with Crippen molar-refractivity contribution in [3.63, 3.8) is 0 Å². The maximum absolute atomic E-state index is 13.2. The number of ether oxygens (including phenoxy) is 8. The molecule has 1 heterocycles. The normalized spacial score (nSPS) is 11.0. The third kappa shape index (κ3) is 18.9. The van der Waals surface area contributed by atoms with Crippen molar-refractivity contribution in [2.75, 3.05) is 145 Å². The van der Waals surface area contributed by atoms with Crippen molar-refractivity contribution in [3.8, 4) is 0 Å². The zero-order chi connectivity index (χ0) is 32.1. The second kappa shape index (κ2) is 27.8. The van der Waals surface area contributed by atoms with Gasteiger partial charge in [-0.2, -0.15) is 0 Å². The highest BCUT2D eigenvalue weighted by Gasteiger charge is 2.23. The Morgan fingerprint density at radius 1 is 0.477 bits per heavy atom. The molecular weight excluding hydrogens is 580 g/mol. The highest BCUT2D eigenvalue weighted by molar-refractivity contribution is 6.01. The number of nitrogens with zero attached hydrogens (tertiary/aromatic N) is 2. The molecule has 0 aliphatic rings. The number of anilines is 2. The van der Waals surface area contributed by atoms with Gasteiger partial charge in [-0.1, -0.05) is 0 Å². The van der Waals surface area contributed by atoms with Crippen molar-refractivity contribution >= 4 is 23.5 Å². The Morgan fingerprint density at radius 2 is 0.818 bits per heavy atom. The molecule has 0 unspecified atom stereocenters. The average molecular weight is 633 g/mol. The summed E-state index contributed by atoms with van der Waals surface area (Å²) in [5, 5.41) is 11.9. The van der Waals surface area contributed by atoms with E-state index in [1.807, 2.05) is 0 Å². The lowest BCUT2D eigenvalue weighted by Gasteiger charge is -2.17. The SMILES string of the molecule is COCCOCCCNc1nc(C(=O)NCCOCCOC)c(NCCCOCCOC)nc1C(=O)NCCOCCOC. The molecule has 0 aromatic carbocycles. The summed E-state index contributed by atoms with van der Waals surface area (Å²) in [7, 11) is 6.40. The molecule has 0 radical (unpaired) electrons. The average Bonchev–Trinajstić information content (AvgIpc) is 3.03. The van der Waals surface area contributed by atoms with Crippen molar-refractivity contribution in [1.29, 1.82) is 0 Å². The first-order chi connectivity index (χ1) is 21.6. The largest absolute Gasteiger partial charge is 0.382 e. The molecular formula is C28H52N6O10. The summed E-state index contributed by atoms with van der Waals surface area (Å²) in [6.45, 7) is 6.63. The number of methoxy groups -OCH3 is 4. The molecule has 4 N–H and O–H groups in total. The molecule has 0 saturated heterocycles. The molecule has 0 aliphatic heterocycles. The van der Waals surface area contributed by atoms with Gasteiger partial charge >= 0.3 is 0 Å². The van der Waals surface area contributed by atoms with Gasteiger partial charge in [-0.15, -0.1) is 0 Å². The van der Waals surface area contributed by atoms with E-state index in [9.17, 15) is 9.59 Å². The van der Waals surface area contributed by atoms with Crippen LogP contribution in [0, 0.1) is 0 Å². The van der Waals surface area contributed by atoms with E-state index in [4.69, 9.17) is 37.9 Å². The van der Waals surface area contributed by atoms with Crippen LogP contribution in [0.25, 0.3) is 0 Å². The van der Waals surface area contributed by atoms with Crippen LogP contribution in [0.5, 0.6) is 0 Å². The smallest absolute Gasteiger partial charge is 0.273 e. The van der Waals surface area contributed by atoms with Crippen LogP contribution in [0.15, 0.2) is 0 Å². The molecule has 1 rings (SSSR count). The zero-order valence-corrected chi connectivity index (χ0v) is 26.7. The minimum absolute atomic E-state index is 0.0421. The monoisotopic (exact) mass is 632 g/mol. The van der Waals surface area contributed by atoms with E-state index in [1.54, 1.807) is 28.4 Å². The quantitative estimate of drug-likeness (QED) is 0.0844. The second-order valence-corrected chi connectivity index (χ2v) is 9.11. The van der Waals surface area contributed by atoms with Crippen LogP contribution >= 0.6 is 0 Å². The second-order valence-electron chi connectivity index (χ2n) is 9.11. The zero-order valence-electron chi connectivity index (χ0n) is 26.7. The Hall–Kier alpha value is -2.70. The van der Waals surface area contributed by atoms with Crippen LogP contribution in [0.2, 0.25) is 0 Å². The highest BCUT2D eigenvalue weighted by Crippen LogP contribution is 2.19. The van der Waals surface area contributed by atoms with Crippen LogP contribution in [-0.4, -0.2) is 156 Å². The lowest BCUT2D eigenvalue weighted by atomic mass is 10.3. The maximum Gasteiger partial charge on any atom is 0.273 e. The van der Waals surface area contributed by atoms with E-state index in [-0.39, 0.29) is 36.1 Å². The number of carbonyl (C=O) groups is 2. The van der Waals surface area contributed by atoms with Gasteiger partial charge in [0.2, 0.25) is 0 Å². The van der Waals surface area contributed by atoms with Crippen molar-refractivity contribution < 1.29 is 47.5 Å². The molecule has 0 atom stereocenters. The summed E-state index contributed by atoms with van der Waals surface area (Å²) in [5.74, 6) is -0.573. The number of hydrogen-bond donors (Lipinski definition) is 4. The van der Waals surface area contributed by atoms with Gasteiger partial charge in [0, 0.05) is 67.8 Å². The van der Waals surface area contributed by atoms with Crippen LogP contribution < -0.4 is 21.3 Å². The lowest BCUT2D eigenvalue weighted by molar-refractivity contribution is 0.0689. The Kier molecular flexibility index (Phi) is 24.9. The van der Waals surface area contributed by atoms with Gasteiger partial charge < -0.3 is 59.2 Å². The maximum atomic E-state index is 13.2. The summed E-state index contributed by atoms with van der Waals surface area (Å²) >= 11 is 0. The van der Waals surface area contributed by atoms with Crippen LogP contribution in [0.3, 0.4) is 0 Å². The molecule has 44 heavy (non-hydrogen) atoms.